The summed E-state index contributed by atoms with van der Waals surface area (Å²) in [7, 11) is 0. The highest BCUT2D eigenvalue weighted by Crippen LogP contribution is 2.26. The topological polar surface area (TPSA) is 50.7 Å². The van der Waals surface area contributed by atoms with Crippen molar-refractivity contribution < 1.29 is 0 Å². The van der Waals surface area contributed by atoms with Crippen LogP contribution in [0.25, 0.3) is 22.2 Å². The predicted octanol–water partition coefficient (Wildman–Crippen LogP) is 3.12. The number of benzene rings is 1. The SMILES string of the molecule is CCNc1nccc(-c2cccc3ncccc23)n1. The molecule has 3 rings (SSSR count). The lowest BCUT2D eigenvalue weighted by Crippen LogP contribution is -2.02. The summed E-state index contributed by atoms with van der Waals surface area (Å²) >= 11 is 0. The minimum atomic E-state index is 0.654. The lowest BCUT2D eigenvalue weighted by Gasteiger charge is -2.07. The smallest absolute Gasteiger partial charge is 0.223 e. The molecule has 4 nitrogen and oxygen atoms in total. The Hall–Kier alpha value is -2.49. The molecule has 4 heteroatoms. The number of nitrogens with one attached hydrogen (secondary N) is 1. The van der Waals surface area contributed by atoms with Gasteiger partial charge in [-0.05, 0) is 25.1 Å². The lowest BCUT2D eigenvalue weighted by atomic mass is 10.1. The maximum Gasteiger partial charge on any atom is 0.223 e. The van der Waals surface area contributed by atoms with Crippen LogP contribution in [0.15, 0.2) is 48.8 Å². The number of hydrogen-bond donors (Lipinski definition) is 1. The first-order chi connectivity index (χ1) is 9.38. The second-order valence-electron chi connectivity index (χ2n) is 4.17. The molecule has 19 heavy (non-hydrogen) atoms. The van der Waals surface area contributed by atoms with E-state index in [2.05, 4.69) is 32.4 Å². The maximum atomic E-state index is 4.53. The van der Waals surface area contributed by atoms with Crippen LogP contribution in [0, 0.1) is 0 Å². The number of pyridine rings is 1. The molecular weight excluding hydrogens is 236 g/mol. The first kappa shape index (κ1) is 11.6. The molecule has 0 bridgehead atoms. The summed E-state index contributed by atoms with van der Waals surface area (Å²) < 4.78 is 0. The van der Waals surface area contributed by atoms with Crippen molar-refractivity contribution in [3.63, 3.8) is 0 Å². The van der Waals surface area contributed by atoms with Gasteiger partial charge in [-0.15, -0.1) is 0 Å². The van der Waals surface area contributed by atoms with Gasteiger partial charge < -0.3 is 5.32 Å². The number of aromatic nitrogens is 3. The summed E-state index contributed by atoms with van der Waals surface area (Å²) in [6.45, 7) is 2.83. The third kappa shape index (κ3) is 2.25. The van der Waals surface area contributed by atoms with Crippen molar-refractivity contribution in [1.29, 1.82) is 0 Å². The lowest BCUT2D eigenvalue weighted by molar-refractivity contribution is 1.09. The van der Waals surface area contributed by atoms with E-state index >= 15 is 0 Å². The van der Waals surface area contributed by atoms with Crippen LogP contribution in [0.4, 0.5) is 5.95 Å². The first-order valence-electron chi connectivity index (χ1n) is 6.29. The average Bonchev–Trinajstić information content (AvgIpc) is 2.47. The summed E-state index contributed by atoms with van der Waals surface area (Å²) in [4.78, 5) is 13.1. The molecule has 2 heterocycles. The molecule has 0 spiro atoms. The van der Waals surface area contributed by atoms with Gasteiger partial charge in [-0.25, -0.2) is 9.97 Å². The molecule has 0 aliphatic carbocycles. The van der Waals surface area contributed by atoms with E-state index in [1.165, 1.54) is 0 Å². The van der Waals surface area contributed by atoms with E-state index in [-0.39, 0.29) is 0 Å². The molecule has 94 valence electrons. The van der Waals surface area contributed by atoms with Crippen molar-refractivity contribution in [3.8, 4) is 11.3 Å². The summed E-state index contributed by atoms with van der Waals surface area (Å²) in [6.07, 6.45) is 3.58. The quantitative estimate of drug-likeness (QED) is 0.776. The maximum absolute atomic E-state index is 4.53. The van der Waals surface area contributed by atoms with E-state index in [1.807, 2.05) is 31.2 Å². The molecular formula is C15H14N4. The van der Waals surface area contributed by atoms with Crippen LogP contribution < -0.4 is 5.32 Å². The fraction of sp³-hybridized carbons (Fsp3) is 0.133. The molecule has 0 saturated heterocycles. The summed E-state index contributed by atoms with van der Waals surface area (Å²) in [5, 5.41) is 4.23. The molecule has 0 saturated carbocycles. The molecule has 0 aliphatic rings. The Morgan fingerprint density at radius 3 is 2.84 bits per heavy atom. The molecule has 0 unspecified atom stereocenters. The number of rotatable bonds is 3. The van der Waals surface area contributed by atoms with Crippen LogP contribution in [-0.2, 0) is 0 Å². The molecule has 0 radical (unpaired) electrons. The highest BCUT2D eigenvalue weighted by molar-refractivity contribution is 5.93. The normalized spacial score (nSPS) is 10.6. The second-order valence-corrected chi connectivity index (χ2v) is 4.17. The zero-order valence-corrected chi connectivity index (χ0v) is 10.7. The molecule has 0 atom stereocenters. The van der Waals surface area contributed by atoms with Crippen molar-refractivity contribution in [1.82, 2.24) is 15.0 Å². The highest BCUT2D eigenvalue weighted by Gasteiger charge is 2.06. The Balaban J connectivity index is 2.16. The van der Waals surface area contributed by atoms with E-state index in [9.17, 15) is 0 Å². The third-order valence-electron chi connectivity index (χ3n) is 2.91. The number of fused-ring (bicyclic) bond motifs is 1. The van der Waals surface area contributed by atoms with Gasteiger partial charge in [-0.1, -0.05) is 18.2 Å². The van der Waals surface area contributed by atoms with Gasteiger partial charge in [-0.3, -0.25) is 4.98 Å². The van der Waals surface area contributed by atoms with Gasteiger partial charge in [0, 0.05) is 29.9 Å². The van der Waals surface area contributed by atoms with Gasteiger partial charge >= 0.3 is 0 Å². The van der Waals surface area contributed by atoms with Gasteiger partial charge in [0.25, 0.3) is 0 Å². The van der Waals surface area contributed by atoms with E-state index in [0.717, 1.165) is 28.7 Å². The van der Waals surface area contributed by atoms with Crippen LogP contribution in [0.3, 0.4) is 0 Å². The van der Waals surface area contributed by atoms with Crippen molar-refractivity contribution in [2.75, 3.05) is 11.9 Å². The molecule has 0 amide bonds. The second kappa shape index (κ2) is 5.02. The monoisotopic (exact) mass is 250 g/mol. The third-order valence-corrected chi connectivity index (χ3v) is 2.91. The Morgan fingerprint density at radius 1 is 1.00 bits per heavy atom. The van der Waals surface area contributed by atoms with E-state index in [0.29, 0.717) is 5.95 Å². The van der Waals surface area contributed by atoms with Gasteiger partial charge in [0.05, 0.1) is 11.2 Å². The van der Waals surface area contributed by atoms with E-state index in [4.69, 9.17) is 0 Å². The van der Waals surface area contributed by atoms with Crippen molar-refractivity contribution in [2.24, 2.45) is 0 Å². The van der Waals surface area contributed by atoms with Gasteiger partial charge in [0.15, 0.2) is 0 Å². The Bertz CT molecular complexity index is 704. The average molecular weight is 250 g/mol. The van der Waals surface area contributed by atoms with Gasteiger partial charge in [0.1, 0.15) is 0 Å². The number of hydrogen-bond acceptors (Lipinski definition) is 4. The Kier molecular flexibility index (Phi) is 3.06. The largest absolute Gasteiger partial charge is 0.354 e. The summed E-state index contributed by atoms with van der Waals surface area (Å²) in [5.41, 5.74) is 2.96. The standard InChI is InChI=1S/C15H14N4/c1-2-16-15-18-10-8-14(19-15)12-5-3-7-13-11(12)6-4-9-17-13/h3-10H,2H2,1H3,(H,16,18,19). The van der Waals surface area contributed by atoms with Crippen molar-refractivity contribution >= 4 is 16.9 Å². The number of nitrogens with zero attached hydrogens (tertiary/aromatic N) is 3. The molecule has 1 N–H and O–H groups in total. The Labute approximate surface area is 111 Å². The van der Waals surface area contributed by atoms with Crippen LogP contribution >= 0.6 is 0 Å². The summed E-state index contributed by atoms with van der Waals surface area (Å²) in [5.74, 6) is 0.654. The molecule has 1 aromatic carbocycles. The first-order valence-corrected chi connectivity index (χ1v) is 6.29. The van der Waals surface area contributed by atoms with Crippen molar-refractivity contribution in [2.45, 2.75) is 6.92 Å². The fourth-order valence-electron chi connectivity index (χ4n) is 2.08. The molecule has 2 aromatic heterocycles. The van der Waals surface area contributed by atoms with Crippen molar-refractivity contribution in [3.05, 3.63) is 48.8 Å². The van der Waals surface area contributed by atoms with Crippen LogP contribution in [0.1, 0.15) is 6.92 Å². The molecule has 3 aromatic rings. The fourth-order valence-corrected chi connectivity index (χ4v) is 2.08. The minimum Gasteiger partial charge on any atom is -0.354 e. The van der Waals surface area contributed by atoms with Crippen LogP contribution in [0.2, 0.25) is 0 Å². The molecule has 0 fully saturated rings. The highest BCUT2D eigenvalue weighted by atomic mass is 15.1. The van der Waals surface area contributed by atoms with E-state index in [1.54, 1.807) is 12.4 Å². The van der Waals surface area contributed by atoms with Gasteiger partial charge in [-0.2, -0.15) is 0 Å². The van der Waals surface area contributed by atoms with Crippen LogP contribution in [-0.4, -0.2) is 21.5 Å². The Morgan fingerprint density at radius 2 is 1.95 bits per heavy atom. The predicted molar refractivity (Wildman–Crippen MR) is 76.9 cm³/mol. The zero-order valence-electron chi connectivity index (χ0n) is 10.7. The zero-order chi connectivity index (χ0) is 13.1. The molecule has 0 aliphatic heterocycles. The number of anilines is 1. The minimum absolute atomic E-state index is 0.654. The van der Waals surface area contributed by atoms with E-state index < -0.39 is 0 Å². The van der Waals surface area contributed by atoms with Gasteiger partial charge in [0.2, 0.25) is 5.95 Å². The van der Waals surface area contributed by atoms with Crippen LogP contribution in [0.5, 0.6) is 0 Å². The summed E-state index contributed by atoms with van der Waals surface area (Å²) in [6, 6.07) is 12.0.